The van der Waals surface area contributed by atoms with Crippen LogP contribution in [0, 0.1) is 0 Å². The Morgan fingerprint density at radius 3 is 2.48 bits per heavy atom. The number of piperazine rings is 1. The van der Waals surface area contributed by atoms with Crippen LogP contribution in [-0.2, 0) is 14.3 Å². The molecule has 2 bridgehead atoms. The monoisotopic (exact) mass is 446 g/mol. The van der Waals surface area contributed by atoms with E-state index in [0.29, 0.717) is 24.5 Å². The number of nitrogens with zero attached hydrogens (tertiary/aromatic N) is 2. The highest BCUT2D eigenvalue weighted by atomic mass is 35.5. The van der Waals surface area contributed by atoms with Crippen LogP contribution in [-0.4, -0.2) is 67.2 Å². The van der Waals surface area contributed by atoms with E-state index in [1.807, 2.05) is 18.2 Å². The maximum Gasteiger partial charge on any atom is 0.234 e. The molecular formula is C23H31ClN4O3. The van der Waals surface area contributed by atoms with Crippen molar-refractivity contribution in [2.45, 2.75) is 55.6 Å². The SMILES string of the molecule is NC12CCC(CN3CCN(c4ccc(C5CCC(=O)NC5=O)c(Cl)c4)CC3)(CC1)OC2. The van der Waals surface area contributed by atoms with E-state index >= 15 is 0 Å². The van der Waals surface area contributed by atoms with Gasteiger partial charge in [-0.3, -0.25) is 19.8 Å². The Morgan fingerprint density at radius 2 is 1.87 bits per heavy atom. The maximum atomic E-state index is 12.2. The van der Waals surface area contributed by atoms with Crippen LogP contribution in [0.15, 0.2) is 18.2 Å². The molecule has 1 aliphatic carbocycles. The van der Waals surface area contributed by atoms with Crippen LogP contribution in [0.5, 0.6) is 0 Å². The fraction of sp³-hybridized carbons (Fsp3) is 0.652. The number of amides is 2. The zero-order valence-corrected chi connectivity index (χ0v) is 18.6. The number of nitrogens with one attached hydrogen (secondary N) is 1. The van der Waals surface area contributed by atoms with E-state index in [-0.39, 0.29) is 28.9 Å². The summed E-state index contributed by atoms with van der Waals surface area (Å²) < 4.78 is 6.23. The molecule has 2 amide bonds. The number of rotatable bonds is 4. The Balaban J connectivity index is 1.19. The average molecular weight is 447 g/mol. The molecule has 1 saturated carbocycles. The van der Waals surface area contributed by atoms with Crippen molar-refractivity contribution in [2.24, 2.45) is 5.73 Å². The highest BCUT2D eigenvalue weighted by Crippen LogP contribution is 2.43. The summed E-state index contributed by atoms with van der Waals surface area (Å²) in [4.78, 5) is 28.5. The summed E-state index contributed by atoms with van der Waals surface area (Å²) in [6.45, 7) is 5.55. The molecule has 3 N–H and O–H groups in total. The Hall–Kier alpha value is -1.67. The summed E-state index contributed by atoms with van der Waals surface area (Å²) in [5.41, 5.74) is 8.16. The molecule has 1 aromatic rings. The molecule has 1 aromatic carbocycles. The minimum absolute atomic E-state index is 0.00377. The van der Waals surface area contributed by atoms with Gasteiger partial charge < -0.3 is 15.4 Å². The lowest BCUT2D eigenvalue weighted by molar-refractivity contribution is -0.163. The quantitative estimate of drug-likeness (QED) is 0.688. The summed E-state index contributed by atoms with van der Waals surface area (Å²) in [7, 11) is 0. The second-order valence-corrected chi connectivity index (χ2v) is 10.2. The maximum absolute atomic E-state index is 12.2. The molecule has 168 valence electrons. The Kier molecular flexibility index (Phi) is 5.49. The molecule has 4 saturated heterocycles. The minimum atomic E-state index is -0.353. The Labute approximate surface area is 188 Å². The molecule has 0 radical (unpaired) electrons. The zero-order chi connectivity index (χ0) is 21.6. The van der Waals surface area contributed by atoms with Gasteiger partial charge in [-0.1, -0.05) is 17.7 Å². The molecular weight excluding hydrogens is 416 g/mol. The van der Waals surface area contributed by atoms with Gasteiger partial charge in [-0.25, -0.2) is 0 Å². The molecule has 4 heterocycles. The number of anilines is 1. The van der Waals surface area contributed by atoms with Crippen molar-refractivity contribution in [2.75, 3.05) is 44.2 Å². The third-order valence-electron chi connectivity index (χ3n) is 7.67. The minimum Gasteiger partial charge on any atom is -0.372 e. The number of carbonyl (C=O) groups excluding carboxylic acids is 2. The molecule has 7 nitrogen and oxygen atoms in total. The van der Waals surface area contributed by atoms with Gasteiger partial charge in [-0.05, 0) is 49.8 Å². The summed E-state index contributed by atoms with van der Waals surface area (Å²) >= 11 is 6.57. The van der Waals surface area contributed by atoms with Crippen molar-refractivity contribution >= 4 is 29.1 Å². The zero-order valence-electron chi connectivity index (χ0n) is 17.9. The highest BCUT2D eigenvalue weighted by Gasteiger charge is 2.48. The lowest BCUT2D eigenvalue weighted by Crippen LogP contribution is -2.63. The molecule has 5 aliphatic rings. The lowest BCUT2D eigenvalue weighted by Gasteiger charge is -2.53. The van der Waals surface area contributed by atoms with Gasteiger partial charge >= 0.3 is 0 Å². The van der Waals surface area contributed by atoms with Gasteiger partial charge in [0.25, 0.3) is 0 Å². The van der Waals surface area contributed by atoms with Crippen molar-refractivity contribution in [1.82, 2.24) is 10.2 Å². The topological polar surface area (TPSA) is 87.9 Å². The average Bonchev–Trinajstić information content (AvgIpc) is 2.76. The normalized spacial score (nSPS) is 34.1. The van der Waals surface area contributed by atoms with Crippen molar-refractivity contribution in [1.29, 1.82) is 0 Å². The van der Waals surface area contributed by atoms with Crippen LogP contribution in [0.1, 0.15) is 50.0 Å². The second-order valence-electron chi connectivity index (χ2n) is 9.81. The number of piperidine rings is 1. The van der Waals surface area contributed by atoms with Crippen LogP contribution in [0.2, 0.25) is 5.02 Å². The summed E-state index contributed by atoms with van der Waals surface area (Å²) in [5, 5.41) is 3.01. The van der Waals surface area contributed by atoms with Gasteiger partial charge in [0.15, 0.2) is 0 Å². The van der Waals surface area contributed by atoms with Gasteiger partial charge in [-0.2, -0.15) is 0 Å². The van der Waals surface area contributed by atoms with E-state index in [1.54, 1.807) is 0 Å². The van der Waals surface area contributed by atoms with Crippen LogP contribution in [0.25, 0.3) is 0 Å². The number of ether oxygens (including phenoxy) is 1. The predicted molar refractivity (Wildman–Crippen MR) is 119 cm³/mol. The number of fused-ring (bicyclic) bond motifs is 3. The number of halogens is 1. The van der Waals surface area contributed by atoms with Gasteiger partial charge in [0.05, 0.1) is 18.1 Å². The van der Waals surface area contributed by atoms with E-state index in [0.717, 1.165) is 69.7 Å². The predicted octanol–water partition coefficient (Wildman–Crippen LogP) is 2.02. The van der Waals surface area contributed by atoms with Crippen LogP contribution in [0.4, 0.5) is 5.69 Å². The van der Waals surface area contributed by atoms with Crippen LogP contribution < -0.4 is 16.0 Å². The van der Waals surface area contributed by atoms with Gasteiger partial charge in [0.2, 0.25) is 11.8 Å². The van der Waals surface area contributed by atoms with Crippen LogP contribution >= 0.6 is 11.6 Å². The number of hydrogen-bond donors (Lipinski definition) is 2. The van der Waals surface area contributed by atoms with Crippen molar-refractivity contribution in [3.8, 4) is 0 Å². The standard InChI is InChI=1S/C23H31ClN4O3/c24-19-13-16(1-2-17(19)18-3-4-20(29)26-21(18)30)28-11-9-27(10-12-28)14-23-7-5-22(25,6-8-23)15-31-23/h1-2,13,18H,3-12,14-15,25H2,(H,26,29,30). The molecule has 1 unspecified atom stereocenters. The largest absolute Gasteiger partial charge is 0.372 e. The third kappa shape index (κ3) is 4.21. The van der Waals surface area contributed by atoms with E-state index in [2.05, 4.69) is 15.1 Å². The first-order valence-electron chi connectivity index (χ1n) is 11.4. The number of carbonyl (C=O) groups is 2. The second kappa shape index (κ2) is 8.03. The number of imide groups is 1. The first kappa shape index (κ1) is 21.2. The molecule has 0 aromatic heterocycles. The number of benzene rings is 1. The Bertz CT molecular complexity index is 859. The Morgan fingerprint density at radius 1 is 1.13 bits per heavy atom. The fourth-order valence-corrected chi connectivity index (χ4v) is 5.86. The molecule has 8 heteroatoms. The van der Waals surface area contributed by atoms with Crippen molar-refractivity contribution < 1.29 is 14.3 Å². The smallest absolute Gasteiger partial charge is 0.234 e. The molecule has 1 atom stereocenters. The summed E-state index contributed by atoms with van der Waals surface area (Å²) in [5.74, 6) is -0.812. The molecule has 0 spiro atoms. The van der Waals surface area contributed by atoms with Crippen molar-refractivity contribution in [3.05, 3.63) is 28.8 Å². The van der Waals surface area contributed by atoms with E-state index in [9.17, 15) is 9.59 Å². The molecule has 6 rings (SSSR count). The third-order valence-corrected chi connectivity index (χ3v) is 8.00. The molecule has 4 aliphatic heterocycles. The molecule has 5 fully saturated rings. The number of hydrogen-bond acceptors (Lipinski definition) is 6. The van der Waals surface area contributed by atoms with Crippen molar-refractivity contribution in [3.63, 3.8) is 0 Å². The summed E-state index contributed by atoms with van der Waals surface area (Å²) in [6.07, 6.45) is 5.16. The molecule has 31 heavy (non-hydrogen) atoms. The van der Waals surface area contributed by atoms with E-state index < -0.39 is 0 Å². The highest BCUT2D eigenvalue weighted by molar-refractivity contribution is 6.32. The van der Waals surface area contributed by atoms with Gasteiger partial charge in [0, 0.05) is 55.4 Å². The van der Waals surface area contributed by atoms with Crippen LogP contribution in [0.3, 0.4) is 0 Å². The van der Waals surface area contributed by atoms with E-state index in [1.165, 1.54) is 0 Å². The van der Waals surface area contributed by atoms with E-state index in [4.69, 9.17) is 22.1 Å². The summed E-state index contributed by atoms with van der Waals surface area (Å²) in [6, 6.07) is 5.95. The van der Waals surface area contributed by atoms with Gasteiger partial charge in [-0.15, -0.1) is 0 Å². The first-order chi connectivity index (χ1) is 14.8. The number of nitrogens with two attached hydrogens (primary N) is 1. The lowest BCUT2D eigenvalue weighted by atomic mass is 9.71. The first-order valence-corrected chi connectivity index (χ1v) is 11.8. The van der Waals surface area contributed by atoms with Gasteiger partial charge in [0.1, 0.15) is 0 Å². The fourth-order valence-electron chi connectivity index (χ4n) is 5.55.